The minimum Gasteiger partial charge on any atom is -0.397 e. The normalized spacial score (nSPS) is 10.5. The van der Waals surface area contributed by atoms with E-state index in [1.807, 2.05) is 18.3 Å². The standard InChI is InChI=1S/C10H12N4S/c1-2-14-7-6-13-10(14)15-9-8(11)4-3-5-12-9/h3-7H,2,11H2,1H3. The van der Waals surface area contributed by atoms with Gasteiger partial charge in [0.25, 0.3) is 0 Å². The SMILES string of the molecule is CCn1ccnc1Sc1ncccc1N. The fraction of sp³-hybridized carbons (Fsp3) is 0.200. The second kappa shape index (κ2) is 4.35. The van der Waals surface area contributed by atoms with Gasteiger partial charge in [-0.15, -0.1) is 0 Å². The van der Waals surface area contributed by atoms with E-state index >= 15 is 0 Å². The molecule has 0 atom stereocenters. The lowest BCUT2D eigenvalue weighted by Gasteiger charge is -2.04. The summed E-state index contributed by atoms with van der Waals surface area (Å²) in [5.74, 6) is 0. The predicted molar refractivity (Wildman–Crippen MR) is 60.7 cm³/mol. The van der Waals surface area contributed by atoms with Crippen molar-refractivity contribution in [2.75, 3.05) is 5.73 Å². The minimum absolute atomic E-state index is 0.688. The zero-order valence-corrected chi connectivity index (χ0v) is 9.24. The molecule has 2 N–H and O–H groups in total. The Morgan fingerprint density at radius 3 is 3.00 bits per heavy atom. The zero-order valence-electron chi connectivity index (χ0n) is 8.42. The molecule has 0 fully saturated rings. The summed E-state index contributed by atoms with van der Waals surface area (Å²) in [6.07, 6.45) is 5.46. The second-order valence-electron chi connectivity index (χ2n) is 3.00. The number of imidazole rings is 1. The topological polar surface area (TPSA) is 56.7 Å². The number of hydrogen-bond donors (Lipinski definition) is 1. The van der Waals surface area contributed by atoms with Crippen molar-refractivity contribution in [1.29, 1.82) is 0 Å². The first-order valence-electron chi connectivity index (χ1n) is 4.70. The maximum Gasteiger partial charge on any atom is 0.174 e. The number of hydrogen-bond acceptors (Lipinski definition) is 4. The van der Waals surface area contributed by atoms with Crippen LogP contribution in [0.25, 0.3) is 0 Å². The maximum absolute atomic E-state index is 5.81. The van der Waals surface area contributed by atoms with Gasteiger partial charge in [-0.1, -0.05) is 0 Å². The van der Waals surface area contributed by atoms with E-state index in [0.717, 1.165) is 16.7 Å². The molecule has 0 aliphatic heterocycles. The Labute approximate surface area is 92.5 Å². The molecule has 0 aliphatic carbocycles. The third-order valence-corrected chi connectivity index (χ3v) is 3.06. The van der Waals surface area contributed by atoms with Crippen molar-refractivity contribution in [2.45, 2.75) is 23.7 Å². The molecule has 2 rings (SSSR count). The number of nitrogen functional groups attached to an aromatic ring is 1. The van der Waals surface area contributed by atoms with E-state index in [9.17, 15) is 0 Å². The predicted octanol–water partition coefficient (Wildman–Crippen LogP) is 2.03. The van der Waals surface area contributed by atoms with Crippen LogP contribution >= 0.6 is 11.8 Å². The van der Waals surface area contributed by atoms with Crippen LogP contribution in [0, 0.1) is 0 Å². The average Bonchev–Trinajstić information content (AvgIpc) is 2.69. The van der Waals surface area contributed by atoms with Gasteiger partial charge in [0.15, 0.2) is 5.16 Å². The molecule has 5 heteroatoms. The first-order chi connectivity index (χ1) is 7.31. The van der Waals surface area contributed by atoms with Crippen molar-refractivity contribution in [3.05, 3.63) is 30.7 Å². The fourth-order valence-corrected chi connectivity index (χ4v) is 2.11. The van der Waals surface area contributed by atoms with Gasteiger partial charge in [-0.25, -0.2) is 9.97 Å². The third kappa shape index (κ3) is 2.12. The molecular weight excluding hydrogens is 208 g/mol. The van der Waals surface area contributed by atoms with Crippen LogP contribution in [-0.2, 0) is 6.54 Å². The summed E-state index contributed by atoms with van der Waals surface area (Å²) in [7, 11) is 0. The summed E-state index contributed by atoms with van der Waals surface area (Å²) in [5, 5.41) is 1.72. The Bertz CT molecular complexity index is 452. The van der Waals surface area contributed by atoms with Crippen LogP contribution in [0.15, 0.2) is 40.9 Å². The van der Waals surface area contributed by atoms with Gasteiger partial charge >= 0.3 is 0 Å². The highest BCUT2D eigenvalue weighted by Crippen LogP contribution is 2.28. The fourth-order valence-electron chi connectivity index (χ4n) is 1.22. The summed E-state index contributed by atoms with van der Waals surface area (Å²) >= 11 is 1.49. The number of pyridine rings is 1. The molecule has 0 bridgehead atoms. The van der Waals surface area contributed by atoms with Gasteiger partial charge in [-0.05, 0) is 30.8 Å². The summed E-state index contributed by atoms with van der Waals surface area (Å²) in [4.78, 5) is 8.47. The second-order valence-corrected chi connectivity index (χ2v) is 3.95. The van der Waals surface area contributed by atoms with Crippen LogP contribution in [0.5, 0.6) is 0 Å². The summed E-state index contributed by atoms with van der Waals surface area (Å²) < 4.78 is 2.05. The highest BCUT2D eigenvalue weighted by atomic mass is 32.2. The molecule has 2 aromatic heterocycles. The van der Waals surface area contributed by atoms with Crippen molar-refractivity contribution in [3.8, 4) is 0 Å². The molecule has 0 amide bonds. The Balaban J connectivity index is 2.26. The van der Waals surface area contributed by atoms with Crippen LogP contribution in [0.4, 0.5) is 5.69 Å². The molecule has 0 unspecified atom stereocenters. The average molecular weight is 220 g/mol. The Kier molecular flexibility index (Phi) is 2.91. The number of aromatic nitrogens is 3. The molecule has 0 saturated heterocycles. The number of anilines is 1. The smallest absolute Gasteiger partial charge is 0.174 e. The Morgan fingerprint density at radius 1 is 1.40 bits per heavy atom. The van der Waals surface area contributed by atoms with E-state index in [1.165, 1.54) is 11.8 Å². The van der Waals surface area contributed by atoms with Gasteiger partial charge in [0.05, 0.1) is 5.69 Å². The van der Waals surface area contributed by atoms with Crippen LogP contribution in [0.2, 0.25) is 0 Å². The van der Waals surface area contributed by atoms with Gasteiger partial charge in [0.1, 0.15) is 5.03 Å². The van der Waals surface area contributed by atoms with Crippen molar-refractivity contribution < 1.29 is 0 Å². The molecule has 0 aliphatic rings. The van der Waals surface area contributed by atoms with Crippen LogP contribution in [0.1, 0.15) is 6.92 Å². The Hall–Kier alpha value is -1.49. The largest absolute Gasteiger partial charge is 0.397 e. The highest BCUT2D eigenvalue weighted by molar-refractivity contribution is 7.99. The first kappa shape index (κ1) is 10.0. The lowest BCUT2D eigenvalue weighted by molar-refractivity contribution is 0.680. The maximum atomic E-state index is 5.81. The van der Waals surface area contributed by atoms with Crippen molar-refractivity contribution >= 4 is 17.4 Å². The molecule has 0 saturated carbocycles. The summed E-state index contributed by atoms with van der Waals surface area (Å²) in [6, 6.07) is 3.67. The molecule has 0 radical (unpaired) electrons. The van der Waals surface area contributed by atoms with E-state index in [2.05, 4.69) is 21.5 Å². The zero-order chi connectivity index (χ0) is 10.7. The lowest BCUT2D eigenvalue weighted by atomic mass is 10.4. The van der Waals surface area contributed by atoms with E-state index < -0.39 is 0 Å². The Morgan fingerprint density at radius 2 is 2.27 bits per heavy atom. The van der Waals surface area contributed by atoms with Crippen LogP contribution in [0.3, 0.4) is 0 Å². The highest BCUT2D eigenvalue weighted by Gasteiger charge is 2.06. The molecule has 15 heavy (non-hydrogen) atoms. The summed E-state index contributed by atoms with van der Waals surface area (Å²) in [6.45, 7) is 2.97. The number of rotatable bonds is 3. The molecule has 2 heterocycles. The van der Waals surface area contributed by atoms with E-state index in [4.69, 9.17) is 5.73 Å². The van der Waals surface area contributed by atoms with Gasteiger partial charge < -0.3 is 10.3 Å². The van der Waals surface area contributed by atoms with Crippen molar-refractivity contribution in [3.63, 3.8) is 0 Å². The molecule has 2 aromatic rings. The molecule has 0 aromatic carbocycles. The first-order valence-corrected chi connectivity index (χ1v) is 5.52. The molecular formula is C10H12N4S. The molecule has 0 spiro atoms. The molecule has 78 valence electrons. The van der Waals surface area contributed by atoms with Crippen molar-refractivity contribution in [2.24, 2.45) is 0 Å². The van der Waals surface area contributed by atoms with Crippen molar-refractivity contribution in [1.82, 2.24) is 14.5 Å². The third-order valence-electron chi connectivity index (χ3n) is 2.01. The monoisotopic (exact) mass is 220 g/mol. The van der Waals surface area contributed by atoms with Gasteiger partial charge in [-0.2, -0.15) is 0 Å². The van der Waals surface area contributed by atoms with E-state index in [0.29, 0.717) is 5.69 Å². The van der Waals surface area contributed by atoms with E-state index in [-0.39, 0.29) is 0 Å². The van der Waals surface area contributed by atoms with Gasteiger partial charge in [0, 0.05) is 25.1 Å². The van der Waals surface area contributed by atoms with Gasteiger partial charge in [-0.3, -0.25) is 0 Å². The molecule has 4 nitrogen and oxygen atoms in total. The van der Waals surface area contributed by atoms with Crippen LogP contribution < -0.4 is 5.73 Å². The quantitative estimate of drug-likeness (QED) is 0.860. The van der Waals surface area contributed by atoms with E-state index in [1.54, 1.807) is 12.4 Å². The minimum atomic E-state index is 0.688. The number of nitrogens with zero attached hydrogens (tertiary/aromatic N) is 3. The summed E-state index contributed by atoms with van der Waals surface area (Å²) in [5.41, 5.74) is 6.50. The number of aryl methyl sites for hydroxylation is 1. The van der Waals surface area contributed by atoms with Crippen LogP contribution in [-0.4, -0.2) is 14.5 Å². The lowest BCUT2D eigenvalue weighted by Crippen LogP contribution is -1.96. The van der Waals surface area contributed by atoms with Gasteiger partial charge in [0.2, 0.25) is 0 Å². The number of nitrogens with two attached hydrogens (primary N) is 1.